The van der Waals surface area contributed by atoms with E-state index in [1.54, 1.807) is 24.9 Å². The zero-order valence-electron chi connectivity index (χ0n) is 13.9. The van der Waals surface area contributed by atoms with Gasteiger partial charge in [-0.3, -0.25) is 4.79 Å². The standard InChI is InChI=1S/C21H18O3S/c1-23-16-8-6-14(7-9-16)20-10-11-21(25-20)18-12-15(22)13-24-19-5-3-2-4-17(18)19/h2-9,11-12,20H,10,13H2,1H3. The second-order valence-electron chi connectivity index (χ2n) is 5.99. The Hall–Kier alpha value is -2.46. The van der Waals surface area contributed by atoms with Gasteiger partial charge in [0, 0.05) is 21.3 Å². The third kappa shape index (κ3) is 3.22. The maximum Gasteiger partial charge on any atom is 0.193 e. The molecule has 0 bridgehead atoms. The summed E-state index contributed by atoms with van der Waals surface area (Å²) in [6, 6.07) is 16.0. The molecule has 0 aliphatic carbocycles. The average molecular weight is 350 g/mol. The van der Waals surface area contributed by atoms with E-state index in [2.05, 4.69) is 18.2 Å². The quantitative estimate of drug-likeness (QED) is 0.796. The first-order valence-corrected chi connectivity index (χ1v) is 9.10. The van der Waals surface area contributed by atoms with Crippen LogP contribution in [0.5, 0.6) is 11.5 Å². The molecule has 2 aliphatic rings. The summed E-state index contributed by atoms with van der Waals surface area (Å²) in [5, 5.41) is 0.355. The molecule has 0 N–H and O–H groups in total. The fraction of sp³-hybridized carbons (Fsp3) is 0.190. The molecule has 0 fully saturated rings. The Morgan fingerprint density at radius 3 is 2.72 bits per heavy atom. The number of benzene rings is 2. The second-order valence-corrected chi connectivity index (χ2v) is 7.24. The monoisotopic (exact) mass is 350 g/mol. The van der Waals surface area contributed by atoms with Gasteiger partial charge in [-0.2, -0.15) is 0 Å². The highest BCUT2D eigenvalue weighted by Gasteiger charge is 2.26. The highest BCUT2D eigenvalue weighted by molar-refractivity contribution is 8.04. The van der Waals surface area contributed by atoms with Crippen molar-refractivity contribution >= 4 is 23.1 Å². The van der Waals surface area contributed by atoms with Crippen molar-refractivity contribution < 1.29 is 14.3 Å². The van der Waals surface area contributed by atoms with Crippen molar-refractivity contribution in [2.24, 2.45) is 0 Å². The van der Waals surface area contributed by atoms with Gasteiger partial charge >= 0.3 is 0 Å². The predicted octanol–water partition coefficient (Wildman–Crippen LogP) is 4.80. The number of thioether (sulfide) groups is 1. The van der Waals surface area contributed by atoms with E-state index in [-0.39, 0.29) is 12.4 Å². The SMILES string of the molecule is COc1ccc(C2CC=C(C3=CC(=O)COc4ccccc43)S2)cc1. The molecule has 2 aromatic carbocycles. The minimum Gasteiger partial charge on any atom is -0.497 e. The van der Waals surface area contributed by atoms with E-state index in [1.807, 2.05) is 36.4 Å². The maximum absolute atomic E-state index is 12.1. The minimum atomic E-state index is 0.000553. The molecule has 0 spiro atoms. The second kappa shape index (κ2) is 6.81. The molecule has 1 atom stereocenters. The zero-order valence-corrected chi connectivity index (χ0v) is 14.7. The summed E-state index contributed by atoms with van der Waals surface area (Å²) in [7, 11) is 1.67. The first kappa shape index (κ1) is 16.0. The maximum atomic E-state index is 12.1. The van der Waals surface area contributed by atoms with E-state index in [0.29, 0.717) is 5.25 Å². The van der Waals surface area contributed by atoms with Crippen molar-refractivity contribution in [1.29, 1.82) is 0 Å². The van der Waals surface area contributed by atoms with Gasteiger partial charge in [0.2, 0.25) is 0 Å². The van der Waals surface area contributed by atoms with Crippen LogP contribution in [0.2, 0.25) is 0 Å². The number of ketones is 1. The average Bonchev–Trinajstić information content (AvgIpc) is 3.08. The Morgan fingerprint density at radius 1 is 1.12 bits per heavy atom. The van der Waals surface area contributed by atoms with Crippen LogP contribution >= 0.6 is 11.8 Å². The Kier molecular flexibility index (Phi) is 4.36. The largest absolute Gasteiger partial charge is 0.497 e. The molecular weight excluding hydrogens is 332 g/mol. The van der Waals surface area contributed by atoms with Gasteiger partial charge in [0.25, 0.3) is 0 Å². The molecule has 0 saturated carbocycles. The van der Waals surface area contributed by atoms with Gasteiger partial charge < -0.3 is 9.47 Å². The number of fused-ring (bicyclic) bond motifs is 1. The molecule has 0 aromatic heterocycles. The van der Waals surface area contributed by atoms with Crippen LogP contribution in [0.4, 0.5) is 0 Å². The summed E-state index contributed by atoms with van der Waals surface area (Å²) in [6.07, 6.45) is 4.89. The lowest BCUT2D eigenvalue weighted by molar-refractivity contribution is -0.116. The third-order valence-corrected chi connectivity index (χ3v) is 5.78. The van der Waals surface area contributed by atoms with Crippen molar-refractivity contribution in [3.05, 3.63) is 76.7 Å². The van der Waals surface area contributed by atoms with Crippen molar-refractivity contribution in [3.63, 3.8) is 0 Å². The van der Waals surface area contributed by atoms with E-state index < -0.39 is 0 Å². The molecule has 2 heterocycles. The molecule has 0 saturated heterocycles. The van der Waals surface area contributed by atoms with Gasteiger partial charge in [0.1, 0.15) is 11.5 Å². The van der Waals surface area contributed by atoms with E-state index in [9.17, 15) is 4.79 Å². The molecule has 4 rings (SSSR count). The van der Waals surface area contributed by atoms with Crippen LogP contribution < -0.4 is 9.47 Å². The van der Waals surface area contributed by atoms with Gasteiger partial charge in [-0.1, -0.05) is 36.4 Å². The fourth-order valence-corrected chi connectivity index (χ4v) is 4.39. The molecule has 126 valence electrons. The fourth-order valence-electron chi connectivity index (χ4n) is 3.11. The van der Waals surface area contributed by atoms with Gasteiger partial charge in [0.05, 0.1) is 7.11 Å². The van der Waals surface area contributed by atoms with Gasteiger partial charge in [-0.05, 0) is 36.3 Å². The zero-order chi connectivity index (χ0) is 17.2. The number of allylic oxidation sites excluding steroid dienone is 2. The van der Waals surface area contributed by atoms with E-state index >= 15 is 0 Å². The number of hydrogen-bond donors (Lipinski definition) is 0. The molecule has 25 heavy (non-hydrogen) atoms. The van der Waals surface area contributed by atoms with Crippen LogP contribution in [0.25, 0.3) is 5.57 Å². The van der Waals surface area contributed by atoms with E-state index in [4.69, 9.17) is 9.47 Å². The number of methoxy groups -OCH3 is 1. The van der Waals surface area contributed by atoms with Gasteiger partial charge in [-0.15, -0.1) is 11.8 Å². The van der Waals surface area contributed by atoms with Crippen molar-refractivity contribution in [2.75, 3.05) is 13.7 Å². The number of carbonyl (C=O) groups excluding carboxylic acids is 1. The van der Waals surface area contributed by atoms with E-state index in [0.717, 1.165) is 34.0 Å². The summed E-state index contributed by atoms with van der Waals surface area (Å²) in [5.74, 6) is 1.64. The smallest absolute Gasteiger partial charge is 0.193 e. The Morgan fingerprint density at radius 2 is 1.92 bits per heavy atom. The summed E-state index contributed by atoms with van der Waals surface area (Å²) in [4.78, 5) is 13.2. The number of ether oxygens (including phenoxy) is 2. The molecular formula is C21H18O3S. The molecule has 3 nitrogen and oxygen atoms in total. The summed E-state index contributed by atoms with van der Waals surface area (Å²) < 4.78 is 10.9. The lowest BCUT2D eigenvalue weighted by atomic mass is 10.0. The molecule has 2 aromatic rings. The Balaban J connectivity index is 1.61. The minimum absolute atomic E-state index is 0.000553. The van der Waals surface area contributed by atoms with Crippen molar-refractivity contribution in [3.8, 4) is 11.5 Å². The van der Waals surface area contributed by atoms with Crippen molar-refractivity contribution in [1.82, 2.24) is 0 Å². The highest BCUT2D eigenvalue weighted by atomic mass is 32.2. The van der Waals surface area contributed by atoms with Crippen LogP contribution in [-0.2, 0) is 4.79 Å². The van der Waals surface area contributed by atoms with Crippen molar-refractivity contribution in [2.45, 2.75) is 11.7 Å². The number of hydrogen-bond acceptors (Lipinski definition) is 4. The van der Waals surface area contributed by atoms with Gasteiger partial charge in [0.15, 0.2) is 12.4 Å². The van der Waals surface area contributed by atoms with Crippen LogP contribution in [0.1, 0.15) is 22.8 Å². The first-order valence-electron chi connectivity index (χ1n) is 8.22. The predicted molar refractivity (Wildman–Crippen MR) is 101 cm³/mol. The van der Waals surface area contributed by atoms with Crippen LogP contribution in [0.3, 0.4) is 0 Å². The Labute approximate surface area is 151 Å². The summed E-state index contributed by atoms with van der Waals surface area (Å²) >= 11 is 1.80. The lowest BCUT2D eigenvalue weighted by Gasteiger charge is -2.14. The molecule has 1 unspecified atom stereocenters. The lowest BCUT2D eigenvalue weighted by Crippen LogP contribution is -2.06. The summed E-state index contributed by atoms with van der Waals surface area (Å²) in [6.45, 7) is 0.0976. The molecule has 0 amide bonds. The normalized spacial score (nSPS) is 19.4. The summed E-state index contributed by atoms with van der Waals surface area (Å²) in [5.41, 5.74) is 3.23. The molecule has 0 radical (unpaired) electrons. The van der Waals surface area contributed by atoms with Crippen LogP contribution in [0.15, 0.2) is 65.6 Å². The number of carbonyl (C=O) groups is 1. The Bertz CT molecular complexity index is 865. The van der Waals surface area contributed by atoms with Crippen LogP contribution in [0, 0.1) is 0 Å². The van der Waals surface area contributed by atoms with Gasteiger partial charge in [-0.25, -0.2) is 0 Å². The third-order valence-electron chi connectivity index (χ3n) is 4.39. The highest BCUT2D eigenvalue weighted by Crippen LogP contribution is 2.50. The van der Waals surface area contributed by atoms with E-state index in [1.165, 1.54) is 5.56 Å². The van der Waals surface area contributed by atoms with Crippen LogP contribution in [-0.4, -0.2) is 19.5 Å². The first-order chi connectivity index (χ1) is 12.2. The number of para-hydroxylation sites is 1. The topological polar surface area (TPSA) is 35.5 Å². The molecule has 2 aliphatic heterocycles. The number of rotatable bonds is 3. The molecule has 4 heteroatoms.